The second-order valence-corrected chi connectivity index (χ2v) is 13.2. The SMILES string of the molecule is CCC(C(=O)NC(C)(C)C)N(Cc1ccc(Cl)cc1Cl)C(=O)CN(c1cccc(OC)c1)S(=O)(=O)c1ccccc1. The van der Waals surface area contributed by atoms with Crippen LogP contribution >= 0.6 is 23.2 Å². The summed E-state index contributed by atoms with van der Waals surface area (Å²) in [5.74, 6) is -0.532. The third-order valence-corrected chi connectivity index (χ3v) is 8.57. The Kier molecular flexibility index (Phi) is 10.7. The van der Waals surface area contributed by atoms with Gasteiger partial charge in [-0.25, -0.2) is 8.42 Å². The molecule has 0 aliphatic carbocycles. The van der Waals surface area contributed by atoms with Gasteiger partial charge in [0.1, 0.15) is 18.3 Å². The first-order valence-corrected chi connectivity index (χ1v) is 15.2. The molecule has 0 heterocycles. The molecule has 3 rings (SSSR count). The van der Waals surface area contributed by atoms with Gasteiger partial charge in [0.25, 0.3) is 10.0 Å². The Hall–Kier alpha value is -3.27. The van der Waals surface area contributed by atoms with Gasteiger partial charge in [0.05, 0.1) is 17.7 Å². The fourth-order valence-electron chi connectivity index (χ4n) is 4.22. The summed E-state index contributed by atoms with van der Waals surface area (Å²) in [4.78, 5) is 28.9. The van der Waals surface area contributed by atoms with Gasteiger partial charge in [-0.1, -0.05) is 60.5 Å². The topological polar surface area (TPSA) is 96.0 Å². The number of halogens is 2. The van der Waals surface area contributed by atoms with Gasteiger partial charge in [0.2, 0.25) is 11.8 Å². The summed E-state index contributed by atoms with van der Waals surface area (Å²) in [5, 5.41) is 3.68. The van der Waals surface area contributed by atoms with Crippen molar-refractivity contribution in [3.63, 3.8) is 0 Å². The zero-order chi connectivity index (χ0) is 30.4. The van der Waals surface area contributed by atoms with Gasteiger partial charge in [-0.15, -0.1) is 0 Å². The molecule has 0 fully saturated rings. The first kappa shape index (κ1) is 32.2. The number of hydrogen-bond acceptors (Lipinski definition) is 5. The predicted molar refractivity (Wildman–Crippen MR) is 163 cm³/mol. The number of amides is 2. The second-order valence-electron chi connectivity index (χ2n) is 10.4. The van der Waals surface area contributed by atoms with Crippen LogP contribution < -0.4 is 14.4 Å². The van der Waals surface area contributed by atoms with Crippen molar-refractivity contribution in [1.82, 2.24) is 10.2 Å². The number of carbonyl (C=O) groups excluding carboxylic acids is 2. The number of hydrogen-bond donors (Lipinski definition) is 1. The quantitative estimate of drug-likeness (QED) is 0.287. The van der Waals surface area contributed by atoms with Crippen LogP contribution in [0.25, 0.3) is 0 Å². The number of nitrogens with zero attached hydrogens (tertiary/aromatic N) is 2. The molecule has 0 saturated heterocycles. The lowest BCUT2D eigenvalue weighted by Gasteiger charge is -2.35. The highest BCUT2D eigenvalue weighted by atomic mass is 35.5. The molecule has 0 saturated carbocycles. The van der Waals surface area contributed by atoms with Gasteiger partial charge in [-0.3, -0.25) is 13.9 Å². The fourth-order valence-corrected chi connectivity index (χ4v) is 6.12. The van der Waals surface area contributed by atoms with Crippen LogP contribution in [0.3, 0.4) is 0 Å². The van der Waals surface area contributed by atoms with Crippen molar-refractivity contribution >= 4 is 50.7 Å². The largest absolute Gasteiger partial charge is 0.497 e. The molecule has 0 aromatic heterocycles. The maximum Gasteiger partial charge on any atom is 0.264 e. The molecule has 8 nitrogen and oxygen atoms in total. The lowest BCUT2D eigenvalue weighted by atomic mass is 10.1. The molecule has 220 valence electrons. The minimum Gasteiger partial charge on any atom is -0.497 e. The lowest BCUT2D eigenvalue weighted by molar-refractivity contribution is -0.141. The van der Waals surface area contributed by atoms with Crippen LogP contribution in [0.1, 0.15) is 39.7 Å². The van der Waals surface area contributed by atoms with E-state index in [-0.39, 0.29) is 29.5 Å². The van der Waals surface area contributed by atoms with Crippen LogP contribution in [-0.2, 0) is 26.2 Å². The number of methoxy groups -OCH3 is 1. The zero-order valence-corrected chi connectivity index (χ0v) is 26.1. The summed E-state index contributed by atoms with van der Waals surface area (Å²) in [7, 11) is -2.72. The first-order valence-electron chi connectivity index (χ1n) is 13.0. The van der Waals surface area contributed by atoms with Crippen LogP contribution in [0.4, 0.5) is 5.69 Å². The minimum absolute atomic E-state index is 0.0143. The molecule has 0 aliphatic heterocycles. The molecule has 1 atom stereocenters. The van der Waals surface area contributed by atoms with Crippen LogP contribution in [-0.4, -0.2) is 50.4 Å². The number of nitrogens with one attached hydrogen (secondary N) is 1. The van der Waals surface area contributed by atoms with E-state index in [0.29, 0.717) is 21.4 Å². The maximum atomic E-state index is 14.2. The predicted octanol–water partition coefficient (Wildman–Crippen LogP) is 5.92. The van der Waals surface area contributed by atoms with Crippen LogP contribution in [0, 0.1) is 0 Å². The Bertz CT molecular complexity index is 1480. The highest BCUT2D eigenvalue weighted by Gasteiger charge is 2.35. The smallest absolute Gasteiger partial charge is 0.264 e. The number of anilines is 1. The van der Waals surface area contributed by atoms with Crippen molar-refractivity contribution in [1.29, 1.82) is 0 Å². The Balaban J connectivity index is 2.10. The van der Waals surface area contributed by atoms with Gasteiger partial charge in [-0.2, -0.15) is 0 Å². The maximum absolute atomic E-state index is 14.2. The van der Waals surface area contributed by atoms with E-state index in [1.807, 2.05) is 20.8 Å². The number of benzene rings is 3. The molecule has 0 spiro atoms. The average Bonchev–Trinajstić information content (AvgIpc) is 2.92. The molecule has 11 heteroatoms. The molecular formula is C30H35Cl2N3O5S. The highest BCUT2D eigenvalue weighted by molar-refractivity contribution is 7.92. The molecule has 2 amide bonds. The highest BCUT2D eigenvalue weighted by Crippen LogP contribution is 2.29. The van der Waals surface area contributed by atoms with E-state index in [1.54, 1.807) is 61.5 Å². The van der Waals surface area contributed by atoms with Gasteiger partial charge in [-0.05, 0) is 69.2 Å². The molecular weight excluding hydrogens is 585 g/mol. The lowest BCUT2D eigenvalue weighted by Crippen LogP contribution is -2.55. The van der Waals surface area contributed by atoms with Crippen molar-refractivity contribution in [2.24, 2.45) is 0 Å². The second kappa shape index (κ2) is 13.6. The summed E-state index contributed by atoms with van der Waals surface area (Å²) in [6.07, 6.45) is 0.281. The Morgan fingerprint density at radius 3 is 2.24 bits per heavy atom. The zero-order valence-electron chi connectivity index (χ0n) is 23.7. The van der Waals surface area contributed by atoms with E-state index in [9.17, 15) is 18.0 Å². The van der Waals surface area contributed by atoms with E-state index in [4.69, 9.17) is 27.9 Å². The van der Waals surface area contributed by atoms with Crippen molar-refractivity contribution < 1.29 is 22.7 Å². The van der Waals surface area contributed by atoms with E-state index in [2.05, 4.69) is 5.32 Å². The van der Waals surface area contributed by atoms with Gasteiger partial charge >= 0.3 is 0 Å². The standard InChI is InChI=1S/C30H35Cl2N3O5S/c1-6-27(29(37)33-30(2,3)4)34(19-21-15-16-22(31)17-26(21)32)28(36)20-35(23-11-10-12-24(18-23)40-5)41(38,39)25-13-8-7-9-14-25/h7-18,27H,6,19-20H2,1-5H3,(H,33,37). The summed E-state index contributed by atoms with van der Waals surface area (Å²) in [5.41, 5.74) is 0.240. The molecule has 1 N–H and O–H groups in total. The van der Waals surface area contributed by atoms with E-state index in [0.717, 1.165) is 4.31 Å². The average molecular weight is 621 g/mol. The van der Waals surface area contributed by atoms with Crippen molar-refractivity contribution in [3.05, 3.63) is 88.4 Å². The summed E-state index contributed by atoms with van der Waals surface area (Å²) >= 11 is 12.5. The van der Waals surface area contributed by atoms with E-state index in [1.165, 1.54) is 30.2 Å². The summed E-state index contributed by atoms with van der Waals surface area (Å²) < 4.78 is 34.1. The molecule has 41 heavy (non-hydrogen) atoms. The van der Waals surface area contributed by atoms with E-state index < -0.39 is 34.1 Å². The van der Waals surface area contributed by atoms with Crippen LogP contribution in [0.2, 0.25) is 10.0 Å². The van der Waals surface area contributed by atoms with E-state index >= 15 is 0 Å². The Morgan fingerprint density at radius 1 is 0.976 bits per heavy atom. The third kappa shape index (κ3) is 8.38. The van der Waals surface area contributed by atoms with Gasteiger partial charge in [0, 0.05) is 28.2 Å². The normalized spacial score (nSPS) is 12.4. The molecule has 3 aromatic carbocycles. The number of carbonyl (C=O) groups is 2. The molecule has 0 aliphatic rings. The van der Waals surface area contributed by atoms with Gasteiger partial charge in [0.15, 0.2) is 0 Å². The summed E-state index contributed by atoms with van der Waals surface area (Å²) in [6, 6.07) is 18.3. The molecule has 1 unspecified atom stereocenters. The minimum atomic E-state index is -4.19. The van der Waals surface area contributed by atoms with Crippen molar-refractivity contribution in [2.75, 3.05) is 18.0 Å². The molecule has 0 bridgehead atoms. The Morgan fingerprint density at radius 2 is 1.66 bits per heavy atom. The fraction of sp³-hybridized carbons (Fsp3) is 0.333. The van der Waals surface area contributed by atoms with Gasteiger partial charge < -0.3 is 15.0 Å². The van der Waals surface area contributed by atoms with Crippen molar-refractivity contribution in [3.8, 4) is 5.75 Å². The van der Waals surface area contributed by atoms with Crippen LogP contribution in [0.5, 0.6) is 5.75 Å². The number of sulfonamides is 1. The van der Waals surface area contributed by atoms with Crippen LogP contribution in [0.15, 0.2) is 77.7 Å². The first-order chi connectivity index (χ1) is 19.3. The number of rotatable bonds is 11. The molecule has 3 aromatic rings. The molecule has 0 radical (unpaired) electrons. The number of ether oxygens (including phenoxy) is 1. The third-order valence-electron chi connectivity index (χ3n) is 6.19. The Labute approximate surface area is 252 Å². The van der Waals surface area contributed by atoms with Crippen molar-refractivity contribution in [2.45, 2.75) is 57.1 Å². The monoisotopic (exact) mass is 619 g/mol. The summed E-state index contributed by atoms with van der Waals surface area (Å²) in [6.45, 7) is 6.71.